The van der Waals surface area contributed by atoms with Crippen molar-refractivity contribution in [3.05, 3.63) is 46.5 Å². The molecule has 0 radical (unpaired) electrons. The Hall–Kier alpha value is -2.37. The number of anilines is 1. The molecule has 6 nitrogen and oxygen atoms in total. The van der Waals surface area contributed by atoms with Crippen LogP contribution in [0.15, 0.2) is 36.4 Å². The summed E-state index contributed by atoms with van der Waals surface area (Å²) in [6.45, 7) is 7.46. The summed E-state index contributed by atoms with van der Waals surface area (Å²) in [4.78, 5) is 21.7. The smallest absolute Gasteiger partial charge is 0.269 e. The maximum absolute atomic E-state index is 11.6. The van der Waals surface area contributed by atoms with E-state index < -0.39 is 10.5 Å². The number of amides is 1. The van der Waals surface area contributed by atoms with Crippen LogP contribution in [0.2, 0.25) is 0 Å². The maximum Gasteiger partial charge on any atom is 0.269 e. The Morgan fingerprint density at radius 3 is 2.28 bits per heavy atom. The lowest BCUT2D eigenvalue weighted by molar-refractivity contribution is -0.384. The molecule has 0 saturated carbocycles. The zero-order chi connectivity index (χ0) is 13.5. The van der Waals surface area contributed by atoms with Crippen LogP contribution in [0.1, 0.15) is 13.8 Å². The van der Waals surface area contributed by atoms with Gasteiger partial charge in [0.2, 0.25) is 0 Å². The van der Waals surface area contributed by atoms with Gasteiger partial charge in [0.05, 0.1) is 16.1 Å². The molecule has 1 amide bonds. The summed E-state index contributed by atoms with van der Waals surface area (Å²) in [5, 5.41) is 12.2. The Balaban J connectivity index is 2.35. The maximum atomic E-state index is 11.6. The van der Waals surface area contributed by atoms with E-state index in [2.05, 4.69) is 12.0 Å². The number of nitrogens with one attached hydrogen (secondary N) is 1. The second kappa shape index (κ2) is 3.83. The fraction of sp³-hybridized carbons (Fsp3) is 0.250. The first-order chi connectivity index (χ1) is 8.34. The summed E-state index contributed by atoms with van der Waals surface area (Å²) in [6.07, 6.45) is 0. The molecule has 1 aliphatic heterocycles. The number of hydrogen-bond donors (Lipinski definition) is 1. The van der Waals surface area contributed by atoms with Crippen LogP contribution in [0.4, 0.5) is 11.4 Å². The molecule has 0 unspecified atom stereocenters. The van der Waals surface area contributed by atoms with E-state index in [-0.39, 0.29) is 11.6 Å². The minimum Gasteiger partial charge on any atom is -0.275 e. The molecule has 94 valence electrons. The van der Waals surface area contributed by atoms with E-state index in [4.69, 9.17) is 0 Å². The lowest BCUT2D eigenvalue weighted by atomic mass is 9.96. The van der Waals surface area contributed by atoms with Crippen LogP contribution in [-0.2, 0) is 4.79 Å². The summed E-state index contributed by atoms with van der Waals surface area (Å²) in [7, 11) is 0. The van der Waals surface area contributed by atoms with Crippen LogP contribution < -0.4 is 10.4 Å². The zero-order valence-corrected chi connectivity index (χ0v) is 10.1. The van der Waals surface area contributed by atoms with E-state index in [0.717, 1.165) is 0 Å². The fourth-order valence-corrected chi connectivity index (χ4v) is 1.83. The molecule has 1 aromatic carbocycles. The summed E-state index contributed by atoms with van der Waals surface area (Å²) in [6, 6.07) is 5.99. The number of rotatable bonds is 2. The largest absolute Gasteiger partial charge is 0.275 e. The molecular formula is C12H13N3O3. The van der Waals surface area contributed by atoms with Gasteiger partial charge in [0.15, 0.2) is 0 Å². The van der Waals surface area contributed by atoms with Crippen molar-refractivity contribution in [2.24, 2.45) is 0 Å². The first kappa shape index (κ1) is 12.1. The highest BCUT2D eigenvalue weighted by molar-refractivity contribution is 6.00. The summed E-state index contributed by atoms with van der Waals surface area (Å²) < 4.78 is 0. The minimum atomic E-state index is -0.562. The van der Waals surface area contributed by atoms with Gasteiger partial charge >= 0.3 is 0 Å². The van der Waals surface area contributed by atoms with Crippen molar-refractivity contribution < 1.29 is 9.72 Å². The molecule has 0 aromatic heterocycles. The molecule has 0 spiro atoms. The van der Waals surface area contributed by atoms with Gasteiger partial charge in [-0.25, -0.2) is 0 Å². The highest BCUT2D eigenvalue weighted by atomic mass is 16.6. The molecule has 0 atom stereocenters. The van der Waals surface area contributed by atoms with E-state index in [1.165, 1.54) is 12.1 Å². The van der Waals surface area contributed by atoms with Gasteiger partial charge in [-0.05, 0) is 26.0 Å². The van der Waals surface area contributed by atoms with E-state index in [0.29, 0.717) is 11.3 Å². The average molecular weight is 247 g/mol. The molecule has 1 fully saturated rings. The monoisotopic (exact) mass is 247 g/mol. The third-order valence-electron chi connectivity index (χ3n) is 3.10. The SMILES string of the molecule is C=C1C(=O)NN(c2ccc([N+](=O)[O-])cc2)C1(C)C. The second-order valence-corrected chi connectivity index (χ2v) is 4.59. The molecule has 1 aromatic rings. The molecular weight excluding hydrogens is 234 g/mol. The average Bonchev–Trinajstić information content (AvgIpc) is 2.53. The van der Waals surface area contributed by atoms with Crippen molar-refractivity contribution in [3.63, 3.8) is 0 Å². The number of hydrogen-bond acceptors (Lipinski definition) is 4. The summed E-state index contributed by atoms with van der Waals surface area (Å²) >= 11 is 0. The standard InChI is InChI=1S/C12H13N3O3/c1-8-11(16)13-14(12(8,2)3)9-4-6-10(7-5-9)15(17)18/h4-7H,1H2,2-3H3,(H,13,16). The van der Waals surface area contributed by atoms with Crippen molar-refractivity contribution in [2.45, 2.75) is 19.4 Å². The molecule has 1 saturated heterocycles. The van der Waals surface area contributed by atoms with Crippen LogP contribution >= 0.6 is 0 Å². The topological polar surface area (TPSA) is 75.5 Å². The van der Waals surface area contributed by atoms with Gasteiger partial charge in [-0.3, -0.25) is 25.3 Å². The van der Waals surface area contributed by atoms with Gasteiger partial charge in [0.25, 0.3) is 11.6 Å². The number of hydrazine groups is 1. The number of non-ortho nitro benzene ring substituents is 1. The van der Waals surface area contributed by atoms with Crippen molar-refractivity contribution in [1.29, 1.82) is 0 Å². The third kappa shape index (κ3) is 1.71. The number of nitro groups is 1. The molecule has 6 heteroatoms. The lowest BCUT2D eigenvalue weighted by Gasteiger charge is -2.31. The lowest BCUT2D eigenvalue weighted by Crippen LogP contribution is -2.44. The summed E-state index contributed by atoms with van der Waals surface area (Å²) in [5.74, 6) is -0.238. The fourth-order valence-electron chi connectivity index (χ4n) is 1.83. The molecule has 18 heavy (non-hydrogen) atoms. The van der Waals surface area contributed by atoms with Crippen LogP contribution in [0.3, 0.4) is 0 Å². The Kier molecular flexibility index (Phi) is 2.58. The van der Waals surface area contributed by atoms with Crippen LogP contribution in [0.5, 0.6) is 0 Å². The zero-order valence-electron chi connectivity index (χ0n) is 10.1. The van der Waals surface area contributed by atoms with Gasteiger partial charge in [-0.2, -0.15) is 0 Å². The number of carbonyl (C=O) groups is 1. The van der Waals surface area contributed by atoms with Crippen molar-refractivity contribution in [2.75, 3.05) is 5.01 Å². The highest BCUT2D eigenvalue weighted by Crippen LogP contribution is 2.32. The van der Waals surface area contributed by atoms with Gasteiger partial charge < -0.3 is 0 Å². The minimum absolute atomic E-state index is 0.0147. The predicted molar refractivity (Wildman–Crippen MR) is 66.9 cm³/mol. The molecule has 0 aliphatic carbocycles. The predicted octanol–water partition coefficient (Wildman–Crippen LogP) is 1.78. The second-order valence-electron chi connectivity index (χ2n) is 4.59. The van der Waals surface area contributed by atoms with Crippen LogP contribution in [0.25, 0.3) is 0 Å². The van der Waals surface area contributed by atoms with E-state index in [1.54, 1.807) is 17.1 Å². The first-order valence-electron chi connectivity index (χ1n) is 5.39. The number of nitrogens with zero attached hydrogens (tertiary/aromatic N) is 2. The third-order valence-corrected chi connectivity index (χ3v) is 3.10. The Labute approximate surface area is 104 Å². The number of nitro benzene ring substituents is 1. The van der Waals surface area contributed by atoms with E-state index in [9.17, 15) is 14.9 Å². The Bertz CT molecular complexity index is 534. The molecule has 1 aliphatic rings. The molecule has 1 heterocycles. The van der Waals surface area contributed by atoms with E-state index in [1.807, 2.05) is 13.8 Å². The Morgan fingerprint density at radius 1 is 1.33 bits per heavy atom. The normalized spacial score (nSPS) is 17.8. The van der Waals surface area contributed by atoms with Gasteiger partial charge in [0, 0.05) is 17.7 Å². The molecule has 1 N–H and O–H groups in total. The van der Waals surface area contributed by atoms with Crippen molar-refractivity contribution in [3.8, 4) is 0 Å². The van der Waals surface area contributed by atoms with Gasteiger partial charge in [-0.15, -0.1) is 0 Å². The summed E-state index contributed by atoms with van der Waals surface area (Å²) in [5.41, 5.74) is 3.27. The highest BCUT2D eigenvalue weighted by Gasteiger charge is 2.41. The van der Waals surface area contributed by atoms with Gasteiger partial charge in [-0.1, -0.05) is 6.58 Å². The quantitative estimate of drug-likeness (QED) is 0.491. The van der Waals surface area contributed by atoms with Crippen molar-refractivity contribution in [1.82, 2.24) is 5.43 Å². The molecule has 0 bridgehead atoms. The van der Waals surface area contributed by atoms with Gasteiger partial charge in [0.1, 0.15) is 0 Å². The van der Waals surface area contributed by atoms with Crippen molar-refractivity contribution >= 4 is 17.3 Å². The Morgan fingerprint density at radius 2 is 1.89 bits per heavy atom. The number of benzene rings is 1. The van der Waals surface area contributed by atoms with E-state index >= 15 is 0 Å². The molecule has 2 rings (SSSR count). The van der Waals surface area contributed by atoms with Crippen LogP contribution in [0, 0.1) is 10.1 Å². The van der Waals surface area contributed by atoms with Crippen LogP contribution in [-0.4, -0.2) is 16.4 Å². The first-order valence-corrected chi connectivity index (χ1v) is 5.39. The number of carbonyl (C=O) groups excluding carboxylic acids is 1.